The van der Waals surface area contributed by atoms with Crippen molar-refractivity contribution in [2.75, 3.05) is 30.3 Å². The van der Waals surface area contributed by atoms with Crippen molar-refractivity contribution >= 4 is 123 Å². The standard InChI is InChI=1S/C82H102ClN19O17/c1-45(2)35-60(72(108)91-59(16-9-10-34-102(100-119)46(3)4)80(116)101-33-12-17-68(101)79(115)87-47(5)70(84)106)92-74(110)63(38-51-23-30-58(31-24-51)90-81(85)117)94-76(112)64(39-50-21-28-57(29-22-50)89-71(107)66-42-69(105)99-82(118)98-66)96-78(114)67(44-103)97-77(113)65(41-53-13-11-32-86-43-53)95-75(111)62(37-49-19-26-56(83)27-20-49)93-73(109)61(88-48(6)104)40-52-18-25-54-14-7-8-15-55(54)36-52/h7-8,11,13-15,18-32,36,43,45-47,59-68,103H,9-10,12,16-17,33-35,37-42,44H2,1-6H3,(H2,84,106)(H,87,115)(H,88,104)(H,89,107)(H,91,108)(H,92,110)(H,93,109)(H,94,112)(H,95,111)(H,96,114)(H,97,113)(H3,85,90,117)(H2,98,99,105,118)/t47-,59+,60+,61-,62-,63-,64+,65-,66+,67+,68+/m1/s1. The molecule has 2 fully saturated rings. The smallest absolute Gasteiger partial charge is 0.322 e. The topological polar surface area (TPSA) is 534 Å². The Hall–Kier alpha value is -13.0. The van der Waals surface area contributed by atoms with E-state index in [1.54, 1.807) is 64.1 Å². The van der Waals surface area contributed by atoms with Crippen LogP contribution in [0.4, 0.5) is 21.0 Å². The molecule has 0 spiro atoms. The number of carbonyl (C=O) groups is 15. The lowest BCUT2D eigenvalue weighted by atomic mass is 9.99. The van der Waals surface area contributed by atoms with E-state index in [0.717, 1.165) is 10.8 Å². The first-order valence-electron chi connectivity index (χ1n) is 39.0. The number of aliphatic hydroxyl groups excluding tert-OH is 1. The van der Waals surface area contributed by atoms with Gasteiger partial charge in [0.15, 0.2) is 0 Å². The van der Waals surface area contributed by atoms with E-state index in [1.807, 2.05) is 47.8 Å². The van der Waals surface area contributed by atoms with Gasteiger partial charge in [-0.15, -0.1) is 4.91 Å². The second-order valence-electron chi connectivity index (χ2n) is 30.0. The second-order valence-corrected chi connectivity index (χ2v) is 30.4. The first-order chi connectivity index (χ1) is 56.7. The number of nitrogens with two attached hydrogens (primary N) is 2. The van der Waals surface area contributed by atoms with Crippen molar-refractivity contribution in [2.45, 2.75) is 191 Å². The van der Waals surface area contributed by atoms with Gasteiger partial charge in [-0.1, -0.05) is 110 Å². The van der Waals surface area contributed by atoms with Gasteiger partial charge in [-0.2, -0.15) is 0 Å². The van der Waals surface area contributed by atoms with Crippen molar-refractivity contribution in [1.82, 2.24) is 73.4 Å². The molecule has 5 aromatic carbocycles. The monoisotopic (exact) mass is 1660 g/mol. The van der Waals surface area contributed by atoms with Crippen LogP contribution >= 0.6 is 11.6 Å². The van der Waals surface area contributed by atoms with Crippen molar-refractivity contribution in [1.29, 1.82) is 0 Å². The van der Waals surface area contributed by atoms with Crippen LogP contribution in [-0.4, -0.2) is 201 Å². The number of aliphatic hydroxyl groups is 1. The number of carbonyl (C=O) groups excluding carboxylic acids is 15. The minimum atomic E-state index is -1.94. The highest BCUT2D eigenvalue weighted by Crippen LogP contribution is 2.24. The maximum absolute atomic E-state index is 15.5. The zero-order chi connectivity index (χ0) is 86.6. The lowest BCUT2D eigenvalue weighted by molar-refractivity contribution is -0.142. The molecule has 0 bridgehead atoms. The zero-order valence-electron chi connectivity index (χ0n) is 66.7. The highest BCUT2D eigenvalue weighted by Gasteiger charge is 2.41. The molecule has 634 valence electrons. The van der Waals surface area contributed by atoms with E-state index in [1.165, 1.54) is 84.7 Å². The quantitative estimate of drug-likeness (QED) is 0.0148. The number of halogens is 1. The van der Waals surface area contributed by atoms with E-state index in [-0.39, 0.29) is 99.8 Å². The van der Waals surface area contributed by atoms with Crippen molar-refractivity contribution in [3.63, 3.8) is 0 Å². The number of pyridine rings is 1. The molecular weight excluding hydrogens is 1560 g/mol. The summed E-state index contributed by atoms with van der Waals surface area (Å²) in [5, 5.41) is 51.2. The number of fused-ring (bicyclic) bond motifs is 1. The number of aromatic nitrogens is 1. The van der Waals surface area contributed by atoms with Crippen molar-refractivity contribution in [2.24, 2.45) is 22.7 Å². The number of nitrogens with zero attached hydrogens (tertiary/aromatic N) is 4. The zero-order valence-corrected chi connectivity index (χ0v) is 67.4. The fraction of sp³-hybridized carbons (Fsp3) is 0.415. The molecule has 1 aromatic heterocycles. The van der Waals surface area contributed by atoms with Crippen LogP contribution in [0.15, 0.2) is 145 Å². The number of likely N-dealkylation sites (tertiary alicyclic amines) is 1. The van der Waals surface area contributed by atoms with E-state index in [4.69, 9.17) is 23.1 Å². The molecule has 18 N–H and O–H groups in total. The molecule has 36 nitrogen and oxygen atoms in total. The summed E-state index contributed by atoms with van der Waals surface area (Å²) in [6, 6.07) is 16.3. The summed E-state index contributed by atoms with van der Waals surface area (Å²) < 4.78 is 0. The van der Waals surface area contributed by atoms with Crippen LogP contribution in [0.2, 0.25) is 5.02 Å². The number of benzene rings is 5. The molecule has 2 saturated heterocycles. The van der Waals surface area contributed by atoms with Gasteiger partial charge >= 0.3 is 12.1 Å². The molecule has 0 radical (unpaired) electrons. The molecule has 37 heteroatoms. The highest BCUT2D eigenvalue weighted by molar-refractivity contribution is 6.30. The number of hydrogen-bond acceptors (Lipinski definition) is 19. The Morgan fingerprint density at radius 2 is 1.05 bits per heavy atom. The number of primary amides is 2. The Morgan fingerprint density at radius 1 is 0.563 bits per heavy atom. The summed E-state index contributed by atoms with van der Waals surface area (Å²) in [5.74, 6) is -11.4. The fourth-order valence-corrected chi connectivity index (χ4v) is 13.6. The van der Waals surface area contributed by atoms with Crippen molar-refractivity contribution < 1.29 is 77.0 Å². The number of urea groups is 2. The van der Waals surface area contributed by atoms with Gasteiger partial charge in [0.25, 0.3) is 0 Å². The maximum Gasteiger partial charge on any atom is 0.322 e. The third-order valence-corrected chi connectivity index (χ3v) is 20.1. The molecule has 17 amide bonds. The first-order valence-corrected chi connectivity index (χ1v) is 39.4. The average molecular weight is 1660 g/mol. The lowest BCUT2D eigenvalue weighted by Gasteiger charge is -2.31. The Labute approximate surface area is 691 Å². The van der Waals surface area contributed by atoms with E-state index >= 15 is 24.0 Å². The molecule has 3 heterocycles. The number of unbranched alkanes of at least 4 members (excludes halogenated alkanes) is 1. The summed E-state index contributed by atoms with van der Waals surface area (Å²) in [5.41, 5.74) is 13.4. The van der Waals surface area contributed by atoms with Crippen molar-refractivity contribution in [3.8, 4) is 0 Å². The largest absolute Gasteiger partial charge is 0.394 e. The summed E-state index contributed by atoms with van der Waals surface area (Å²) in [7, 11) is 0. The molecule has 0 saturated carbocycles. The Bertz CT molecular complexity index is 4620. The first kappa shape index (κ1) is 91.5. The van der Waals surface area contributed by atoms with Gasteiger partial charge < -0.3 is 85.3 Å². The van der Waals surface area contributed by atoms with Gasteiger partial charge in [-0.3, -0.25) is 77.6 Å². The maximum atomic E-state index is 15.5. The van der Waals surface area contributed by atoms with Gasteiger partial charge in [-0.25, -0.2) is 9.59 Å². The van der Waals surface area contributed by atoms with Crippen LogP contribution in [0.1, 0.15) is 114 Å². The van der Waals surface area contributed by atoms with Crippen LogP contribution in [0.3, 0.4) is 0 Å². The number of rotatable bonds is 42. The average Bonchev–Trinajstić information content (AvgIpc) is 1.81. The molecule has 0 aliphatic carbocycles. The number of nitroso groups, excluding NO2 is 1. The Kier molecular flexibility index (Phi) is 34.1. The van der Waals surface area contributed by atoms with Crippen LogP contribution in [0.25, 0.3) is 10.8 Å². The van der Waals surface area contributed by atoms with Crippen LogP contribution in [-0.2, 0) is 94.4 Å². The summed E-state index contributed by atoms with van der Waals surface area (Å²) in [4.78, 5) is 225. The van der Waals surface area contributed by atoms with E-state index in [0.29, 0.717) is 40.1 Å². The van der Waals surface area contributed by atoms with Crippen molar-refractivity contribution in [3.05, 3.63) is 178 Å². The minimum Gasteiger partial charge on any atom is -0.394 e. The lowest BCUT2D eigenvalue weighted by Crippen LogP contribution is -2.62. The number of anilines is 2. The number of imide groups is 1. The summed E-state index contributed by atoms with van der Waals surface area (Å²) >= 11 is 6.27. The molecule has 2 aliphatic rings. The van der Waals surface area contributed by atoms with E-state index < -0.39 is 168 Å². The van der Waals surface area contributed by atoms with Crippen LogP contribution in [0.5, 0.6) is 0 Å². The number of hydrogen-bond donors (Lipinski definition) is 16. The van der Waals surface area contributed by atoms with Gasteiger partial charge in [0, 0.05) is 87.0 Å². The summed E-state index contributed by atoms with van der Waals surface area (Å²) in [6.07, 6.45) is 2.22. The normalized spacial score (nSPS) is 16.0. The predicted molar refractivity (Wildman–Crippen MR) is 439 cm³/mol. The molecular formula is C82H102ClN19O17. The highest BCUT2D eigenvalue weighted by atomic mass is 35.5. The summed E-state index contributed by atoms with van der Waals surface area (Å²) in [6.45, 7) is 8.79. The molecule has 11 atom stereocenters. The van der Waals surface area contributed by atoms with Gasteiger partial charge in [0.1, 0.15) is 66.5 Å². The van der Waals surface area contributed by atoms with E-state index in [9.17, 15) is 58.0 Å². The fourth-order valence-electron chi connectivity index (χ4n) is 13.5. The SMILES string of the molecule is CC(=O)N[C@H](Cc1ccc2ccccc2c1)C(=O)N[C@H](Cc1ccc(Cl)cc1)C(=O)N[C@H](Cc1cccnc1)C(=O)N[C@@H](CO)C(=O)N[C@@H](Cc1ccc(NC(=O)[C@@H]2CC(=O)NC(=O)N2)cc1)C(=O)N[C@H](Cc1ccc(NC(N)=O)cc1)C(=O)N[C@@H](CC(C)C)C(=O)N[C@@H](CCCCN(N=O)C(C)C)C(=O)N1CCC[C@H]1C(=O)N[C@H](C)C(N)=O. The molecule has 8 rings (SSSR count). The van der Waals surface area contributed by atoms with E-state index in [2.05, 4.69) is 74.1 Å². The number of nitrogens with one attached hydrogen (secondary N) is 13. The minimum absolute atomic E-state index is 0.00316. The third-order valence-electron chi connectivity index (χ3n) is 19.8. The third kappa shape index (κ3) is 28.4. The Balaban J connectivity index is 1.10. The van der Waals surface area contributed by atoms with Gasteiger partial charge in [0.2, 0.25) is 76.8 Å². The number of amides is 17. The van der Waals surface area contributed by atoms with Gasteiger partial charge in [0.05, 0.1) is 18.3 Å². The second kappa shape index (κ2) is 44.4. The predicted octanol–water partition coefficient (Wildman–Crippen LogP) is 1.91. The van der Waals surface area contributed by atoms with Crippen LogP contribution in [0, 0.1) is 10.8 Å². The molecule has 0 unspecified atom stereocenters. The molecule has 2 aliphatic heterocycles. The molecule has 6 aromatic rings. The molecule has 119 heavy (non-hydrogen) atoms. The van der Waals surface area contributed by atoms with Gasteiger partial charge in [-0.05, 0) is 146 Å². The van der Waals surface area contributed by atoms with Crippen LogP contribution < -0.4 is 80.6 Å². The Morgan fingerprint density at radius 3 is 1.55 bits per heavy atom.